The van der Waals surface area contributed by atoms with Crippen LogP contribution in [-0.2, 0) is 11.2 Å². The van der Waals surface area contributed by atoms with Crippen molar-refractivity contribution in [2.24, 2.45) is 5.73 Å². The molecule has 2 aromatic rings. The summed E-state index contributed by atoms with van der Waals surface area (Å²) < 4.78 is 0. The second-order valence-electron chi connectivity index (χ2n) is 3.75. The smallest absolute Gasteiger partial charge is 0.325 e. The first kappa shape index (κ1) is 10.7. The Morgan fingerprint density at radius 1 is 1.56 bits per heavy atom. The fourth-order valence-electron chi connectivity index (χ4n) is 1.92. The van der Waals surface area contributed by atoms with E-state index in [1.54, 1.807) is 6.20 Å². The molecule has 84 valence electrons. The van der Waals surface area contributed by atoms with Crippen molar-refractivity contribution in [2.45, 2.75) is 19.4 Å². The van der Waals surface area contributed by atoms with Crippen molar-refractivity contribution < 1.29 is 9.90 Å². The molecule has 0 spiro atoms. The largest absolute Gasteiger partial charge is 0.480 e. The quantitative estimate of drug-likeness (QED) is 0.735. The number of para-hydroxylation sites is 1. The molecule has 4 heteroatoms. The van der Waals surface area contributed by atoms with E-state index in [1.807, 2.05) is 18.2 Å². The maximum absolute atomic E-state index is 10.9. The number of aliphatic carboxylic acids is 1. The molecule has 4 nitrogen and oxygen atoms in total. The van der Waals surface area contributed by atoms with E-state index >= 15 is 0 Å². The number of carboxylic acid groups (broad SMARTS) is 1. The molecular weight excluding hydrogens is 204 g/mol. The van der Waals surface area contributed by atoms with Crippen LogP contribution < -0.4 is 5.73 Å². The van der Waals surface area contributed by atoms with E-state index in [4.69, 9.17) is 10.8 Å². The van der Waals surface area contributed by atoms with Gasteiger partial charge in [0.2, 0.25) is 0 Å². The van der Waals surface area contributed by atoms with E-state index in [0.717, 1.165) is 17.3 Å². The number of hydrogen-bond acceptors (Lipinski definition) is 2. The van der Waals surface area contributed by atoms with Crippen LogP contribution in [0.4, 0.5) is 0 Å². The van der Waals surface area contributed by atoms with Crippen LogP contribution in [0.3, 0.4) is 0 Å². The maximum atomic E-state index is 10.9. The van der Waals surface area contributed by atoms with Gasteiger partial charge in [0, 0.05) is 22.7 Å². The highest BCUT2D eigenvalue weighted by atomic mass is 16.4. The minimum atomic E-state index is -1.01. The zero-order valence-electron chi connectivity index (χ0n) is 9.03. The lowest BCUT2D eigenvalue weighted by Gasteiger charge is -2.05. The number of nitrogens with two attached hydrogens (primary N) is 1. The topological polar surface area (TPSA) is 79.1 Å². The second kappa shape index (κ2) is 3.98. The first-order chi connectivity index (χ1) is 7.65. The minimum Gasteiger partial charge on any atom is -0.480 e. The predicted molar refractivity (Wildman–Crippen MR) is 62.2 cm³/mol. The van der Waals surface area contributed by atoms with Crippen molar-refractivity contribution in [3.05, 3.63) is 35.5 Å². The number of carbonyl (C=O) groups is 1. The SMILES string of the molecule is CCc1cccc2c(C(N)C(=O)O)c[nH]c12. The van der Waals surface area contributed by atoms with Crippen LogP contribution in [0.25, 0.3) is 10.9 Å². The van der Waals surface area contributed by atoms with Gasteiger partial charge in [-0.2, -0.15) is 0 Å². The average Bonchev–Trinajstić information content (AvgIpc) is 2.71. The van der Waals surface area contributed by atoms with Gasteiger partial charge in [0.1, 0.15) is 6.04 Å². The fraction of sp³-hybridized carbons (Fsp3) is 0.250. The molecule has 0 aliphatic rings. The summed E-state index contributed by atoms with van der Waals surface area (Å²) in [5, 5.41) is 9.80. The predicted octanol–water partition coefficient (Wildman–Crippen LogP) is 1.81. The number of H-pyrrole nitrogens is 1. The molecule has 0 aliphatic carbocycles. The second-order valence-corrected chi connectivity index (χ2v) is 3.75. The number of aryl methyl sites for hydroxylation is 1. The van der Waals surface area contributed by atoms with E-state index in [9.17, 15) is 4.79 Å². The molecule has 16 heavy (non-hydrogen) atoms. The van der Waals surface area contributed by atoms with Crippen LogP contribution in [0.5, 0.6) is 0 Å². The fourth-order valence-corrected chi connectivity index (χ4v) is 1.92. The summed E-state index contributed by atoms with van der Waals surface area (Å²) in [6, 6.07) is 4.87. The Bertz CT molecular complexity index is 531. The molecular formula is C12H14N2O2. The van der Waals surface area contributed by atoms with Crippen LogP contribution in [0.2, 0.25) is 0 Å². The number of rotatable bonds is 3. The molecule has 1 aromatic carbocycles. The Balaban J connectivity index is 2.61. The van der Waals surface area contributed by atoms with Gasteiger partial charge in [-0.1, -0.05) is 25.1 Å². The Morgan fingerprint density at radius 2 is 2.31 bits per heavy atom. The lowest BCUT2D eigenvalue weighted by Crippen LogP contribution is -2.20. The number of nitrogens with one attached hydrogen (secondary N) is 1. The summed E-state index contributed by atoms with van der Waals surface area (Å²) in [7, 11) is 0. The van der Waals surface area contributed by atoms with Gasteiger partial charge >= 0.3 is 5.97 Å². The Hall–Kier alpha value is -1.81. The highest BCUT2D eigenvalue weighted by molar-refractivity contribution is 5.90. The summed E-state index contributed by atoms with van der Waals surface area (Å²) in [4.78, 5) is 14.0. The standard InChI is InChI=1S/C12H14N2O2/c1-2-7-4-3-5-8-9(6-14-11(7)8)10(13)12(15)16/h3-6,10,14H,2,13H2,1H3,(H,15,16). The zero-order chi connectivity index (χ0) is 11.7. The van der Waals surface area contributed by atoms with Gasteiger partial charge in [0.25, 0.3) is 0 Å². The van der Waals surface area contributed by atoms with E-state index in [1.165, 1.54) is 5.56 Å². The molecule has 1 aromatic heterocycles. The van der Waals surface area contributed by atoms with E-state index in [2.05, 4.69) is 11.9 Å². The van der Waals surface area contributed by atoms with Gasteiger partial charge in [0.05, 0.1) is 0 Å². The third-order valence-corrected chi connectivity index (χ3v) is 2.82. The number of aromatic amines is 1. The van der Waals surface area contributed by atoms with Crippen LogP contribution in [0.15, 0.2) is 24.4 Å². The van der Waals surface area contributed by atoms with Crippen LogP contribution in [0.1, 0.15) is 24.1 Å². The summed E-state index contributed by atoms with van der Waals surface area (Å²) >= 11 is 0. The molecule has 0 radical (unpaired) electrons. The van der Waals surface area contributed by atoms with E-state index in [-0.39, 0.29) is 0 Å². The number of hydrogen-bond donors (Lipinski definition) is 3. The molecule has 2 rings (SSSR count). The molecule has 4 N–H and O–H groups in total. The van der Waals surface area contributed by atoms with Crippen LogP contribution in [-0.4, -0.2) is 16.1 Å². The van der Waals surface area contributed by atoms with Gasteiger partial charge in [-0.3, -0.25) is 4.79 Å². The molecule has 0 saturated carbocycles. The molecule has 0 saturated heterocycles. The van der Waals surface area contributed by atoms with Crippen LogP contribution >= 0.6 is 0 Å². The first-order valence-corrected chi connectivity index (χ1v) is 5.22. The van der Waals surface area contributed by atoms with Crippen molar-refractivity contribution >= 4 is 16.9 Å². The summed E-state index contributed by atoms with van der Waals surface area (Å²) in [5.41, 5.74) is 8.41. The maximum Gasteiger partial charge on any atom is 0.325 e. The van der Waals surface area contributed by atoms with Crippen molar-refractivity contribution in [3.63, 3.8) is 0 Å². The number of fused-ring (bicyclic) bond motifs is 1. The van der Waals surface area contributed by atoms with Crippen LogP contribution in [0, 0.1) is 0 Å². The molecule has 1 unspecified atom stereocenters. The van der Waals surface area contributed by atoms with Crippen molar-refractivity contribution in [1.82, 2.24) is 4.98 Å². The van der Waals surface area contributed by atoms with Gasteiger partial charge in [0.15, 0.2) is 0 Å². The molecule has 1 atom stereocenters. The third-order valence-electron chi connectivity index (χ3n) is 2.82. The highest BCUT2D eigenvalue weighted by Crippen LogP contribution is 2.25. The number of benzene rings is 1. The Morgan fingerprint density at radius 3 is 2.94 bits per heavy atom. The average molecular weight is 218 g/mol. The molecule has 0 aliphatic heterocycles. The summed E-state index contributed by atoms with van der Waals surface area (Å²) in [6.07, 6.45) is 2.59. The van der Waals surface area contributed by atoms with E-state index in [0.29, 0.717) is 5.56 Å². The van der Waals surface area contributed by atoms with Gasteiger partial charge in [-0.05, 0) is 12.0 Å². The van der Waals surface area contributed by atoms with Gasteiger partial charge in [-0.15, -0.1) is 0 Å². The van der Waals surface area contributed by atoms with Crippen molar-refractivity contribution in [2.75, 3.05) is 0 Å². The third kappa shape index (κ3) is 1.57. The van der Waals surface area contributed by atoms with E-state index < -0.39 is 12.0 Å². The van der Waals surface area contributed by atoms with Gasteiger partial charge in [-0.25, -0.2) is 0 Å². The zero-order valence-corrected chi connectivity index (χ0v) is 9.03. The molecule has 0 fully saturated rings. The summed E-state index contributed by atoms with van der Waals surface area (Å²) in [6.45, 7) is 2.06. The van der Waals surface area contributed by atoms with Gasteiger partial charge < -0.3 is 15.8 Å². The number of carboxylic acids is 1. The highest BCUT2D eigenvalue weighted by Gasteiger charge is 2.18. The normalized spacial score (nSPS) is 12.9. The molecule has 0 amide bonds. The Labute approximate surface area is 93.1 Å². The minimum absolute atomic E-state index is 0.637. The number of aromatic nitrogens is 1. The molecule has 1 heterocycles. The monoisotopic (exact) mass is 218 g/mol. The first-order valence-electron chi connectivity index (χ1n) is 5.22. The lowest BCUT2D eigenvalue weighted by atomic mass is 10.0. The molecule has 0 bridgehead atoms. The van der Waals surface area contributed by atoms with Crippen molar-refractivity contribution in [1.29, 1.82) is 0 Å². The lowest BCUT2D eigenvalue weighted by molar-refractivity contribution is -0.138. The summed E-state index contributed by atoms with van der Waals surface area (Å²) in [5.74, 6) is -1.01. The Kier molecular flexibility index (Phi) is 2.66. The van der Waals surface area contributed by atoms with Crippen molar-refractivity contribution in [3.8, 4) is 0 Å².